The highest BCUT2D eigenvalue weighted by molar-refractivity contribution is 5.84. The Morgan fingerprint density at radius 3 is 2.91 bits per heavy atom. The van der Waals surface area contributed by atoms with Crippen LogP contribution in [0.15, 0.2) is 41.1 Å². The molecule has 7 nitrogen and oxygen atoms in total. The van der Waals surface area contributed by atoms with E-state index >= 15 is 0 Å². The lowest BCUT2D eigenvalue weighted by molar-refractivity contribution is -0.133. The van der Waals surface area contributed by atoms with Crippen molar-refractivity contribution >= 4 is 11.9 Å². The van der Waals surface area contributed by atoms with Gasteiger partial charge in [0.05, 0.1) is 25.4 Å². The molecule has 1 aliphatic heterocycles. The van der Waals surface area contributed by atoms with Gasteiger partial charge in [0, 0.05) is 25.0 Å². The van der Waals surface area contributed by atoms with Gasteiger partial charge in [-0.3, -0.25) is 4.79 Å². The molecule has 1 aliphatic rings. The Morgan fingerprint density at radius 1 is 1.26 bits per heavy atom. The second-order valence-electron chi connectivity index (χ2n) is 5.51. The van der Waals surface area contributed by atoms with Gasteiger partial charge in [0.25, 0.3) is 0 Å². The van der Waals surface area contributed by atoms with Crippen LogP contribution in [0.3, 0.4) is 0 Å². The van der Waals surface area contributed by atoms with E-state index in [4.69, 9.17) is 4.42 Å². The maximum absolute atomic E-state index is 12.3. The number of hydrogen-bond acceptors (Lipinski definition) is 3. The zero-order valence-corrected chi connectivity index (χ0v) is 13.0. The molecule has 0 fully saturated rings. The summed E-state index contributed by atoms with van der Waals surface area (Å²) in [6, 6.07) is 7.16. The monoisotopic (exact) mass is 316 g/mol. The van der Waals surface area contributed by atoms with Crippen molar-refractivity contribution in [3.63, 3.8) is 0 Å². The number of hydrogen-bond donors (Lipinski definition) is 2. The van der Waals surface area contributed by atoms with Gasteiger partial charge < -0.3 is 24.5 Å². The van der Waals surface area contributed by atoms with Crippen LogP contribution in [0, 0.1) is 0 Å². The Labute approximate surface area is 134 Å². The standard InChI is InChI=1S/C16H20N4O3/c1-12-14-5-2-6-19(14)7-8-20(12)15(21)11-18-16(22)17-10-13-4-3-9-23-13/h2-6,9,12H,7-8,10-11H2,1H3,(H2,17,18,22). The second-order valence-corrected chi connectivity index (χ2v) is 5.51. The summed E-state index contributed by atoms with van der Waals surface area (Å²) < 4.78 is 7.28. The first kappa shape index (κ1) is 15.2. The minimum Gasteiger partial charge on any atom is -0.467 e. The Hall–Kier alpha value is -2.70. The van der Waals surface area contributed by atoms with E-state index in [1.807, 2.05) is 25.3 Å². The number of nitrogens with zero attached hydrogens (tertiary/aromatic N) is 2. The Kier molecular flexibility index (Phi) is 4.36. The van der Waals surface area contributed by atoms with Crippen molar-refractivity contribution in [2.75, 3.05) is 13.1 Å². The van der Waals surface area contributed by atoms with E-state index in [-0.39, 0.29) is 24.5 Å². The van der Waals surface area contributed by atoms with Crippen molar-refractivity contribution in [2.45, 2.75) is 26.1 Å². The average Bonchev–Trinajstić information content (AvgIpc) is 3.22. The Morgan fingerprint density at radius 2 is 2.13 bits per heavy atom. The number of carbonyl (C=O) groups is 2. The van der Waals surface area contributed by atoms with Crippen molar-refractivity contribution < 1.29 is 14.0 Å². The molecule has 7 heteroatoms. The van der Waals surface area contributed by atoms with Crippen LogP contribution in [0.5, 0.6) is 0 Å². The molecule has 0 bridgehead atoms. The number of aromatic nitrogens is 1. The molecule has 1 atom stereocenters. The fourth-order valence-electron chi connectivity index (χ4n) is 2.82. The zero-order valence-electron chi connectivity index (χ0n) is 13.0. The largest absolute Gasteiger partial charge is 0.467 e. The third-order valence-corrected chi connectivity index (χ3v) is 4.07. The molecule has 23 heavy (non-hydrogen) atoms. The molecule has 2 aromatic heterocycles. The Bertz CT molecular complexity index is 677. The van der Waals surface area contributed by atoms with E-state index in [1.54, 1.807) is 23.3 Å². The highest BCUT2D eigenvalue weighted by Crippen LogP contribution is 2.24. The Balaban J connectivity index is 1.47. The summed E-state index contributed by atoms with van der Waals surface area (Å²) in [6.07, 6.45) is 3.57. The lowest BCUT2D eigenvalue weighted by Gasteiger charge is -2.35. The SMILES string of the molecule is CC1c2cccn2CCN1C(=O)CNC(=O)NCc1ccco1. The van der Waals surface area contributed by atoms with Crippen LogP contribution >= 0.6 is 0 Å². The molecule has 0 radical (unpaired) electrons. The smallest absolute Gasteiger partial charge is 0.315 e. The maximum atomic E-state index is 12.3. The van der Waals surface area contributed by atoms with Crippen LogP contribution in [-0.2, 0) is 17.9 Å². The molecule has 3 amide bonds. The summed E-state index contributed by atoms with van der Waals surface area (Å²) in [4.78, 5) is 25.9. The fraction of sp³-hybridized carbons (Fsp3) is 0.375. The van der Waals surface area contributed by atoms with Crippen molar-refractivity contribution in [1.29, 1.82) is 0 Å². The second kappa shape index (κ2) is 6.60. The summed E-state index contributed by atoms with van der Waals surface area (Å²) in [5.41, 5.74) is 1.12. The third kappa shape index (κ3) is 3.39. The minimum absolute atomic E-state index is 0.0132. The summed E-state index contributed by atoms with van der Waals surface area (Å²) in [7, 11) is 0. The van der Waals surface area contributed by atoms with Crippen LogP contribution in [0.25, 0.3) is 0 Å². The van der Waals surface area contributed by atoms with Gasteiger partial charge in [-0.2, -0.15) is 0 Å². The van der Waals surface area contributed by atoms with E-state index in [0.717, 1.165) is 12.2 Å². The first-order valence-electron chi connectivity index (χ1n) is 7.64. The first-order chi connectivity index (χ1) is 11.1. The van der Waals surface area contributed by atoms with Crippen molar-refractivity contribution in [2.24, 2.45) is 0 Å². The number of amides is 3. The van der Waals surface area contributed by atoms with Gasteiger partial charge in [0.15, 0.2) is 0 Å². The topological polar surface area (TPSA) is 79.5 Å². The number of carbonyl (C=O) groups excluding carboxylic acids is 2. The van der Waals surface area contributed by atoms with E-state index < -0.39 is 0 Å². The molecule has 0 aliphatic carbocycles. The fourth-order valence-corrected chi connectivity index (χ4v) is 2.82. The summed E-state index contributed by atoms with van der Waals surface area (Å²) in [5, 5.41) is 5.24. The maximum Gasteiger partial charge on any atom is 0.315 e. The molecule has 0 saturated heterocycles. The van der Waals surface area contributed by atoms with Gasteiger partial charge in [-0.25, -0.2) is 4.79 Å². The van der Waals surface area contributed by atoms with E-state index in [9.17, 15) is 9.59 Å². The van der Waals surface area contributed by atoms with Gasteiger partial charge >= 0.3 is 6.03 Å². The van der Waals surface area contributed by atoms with Gasteiger partial charge in [-0.1, -0.05) is 0 Å². The van der Waals surface area contributed by atoms with Gasteiger partial charge in [-0.05, 0) is 31.2 Å². The lowest BCUT2D eigenvalue weighted by atomic mass is 10.1. The van der Waals surface area contributed by atoms with Crippen LogP contribution < -0.4 is 10.6 Å². The minimum atomic E-state index is -0.386. The quantitative estimate of drug-likeness (QED) is 0.897. The highest BCUT2D eigenvalue weighted by atomic mass is 16.3. The lowest BCUT2D eigenvalue weighted by Crippen LogP contribution is -2.47. The molecule has 2 N–H and O–H groups in total. The van der Waals surface area contributed by atoms with Crippen LogP contribution in [0.1, 0.15) is 24.4 Å². The molecular weight excluding hydrogens is 296 g/mol. The molecule has 122 valence electrons. The summed E-state index contributed by atoms with van der Waals surface area (Å²) in [6.45, 7) is 3.70. The predicted molar refractivity (Wildman–Crippen MR) is 83.5 cm³/mol. The molecule has 3 rings (SSSR count). The van der Waals surface area contributed by atoms with Gasteiger partial charge in [0.1, 0.15) is 5.76 Å². The number of fused-ring (bicyclic) bond motifs is 1. The number of nitrogens with one attached hydrogen (secondary N) is 2. The molecule has 0 spiro atoms. The van der Waals surface area contributed by atoms with Gasteiger partial charge in [0.2, 0.25) is 5.91 Å². The van der Waals surface area contributed by atoms with E-state index in [2.05, 4.69) is 15.2 Å². The zero-order chi connectivity index (χ0) is 16.2. The molecule has 0 aromatic carbocycles. The van der Waals surface area contributed by atoms with Crippen molar-refractivity contribution in [3.05, 3.63) is 48.2 Å². The predicted octanol–water partition coefficient (Wildman–Crippen LogP) is 1.48. The molecule has 3 heterocycles. The van der Waals surface area contributed by atoms with Crippen LogP contribution in [0.2, 0.25) is 0 Å². The molecular formula is C16H20N4O3. The first-order valence-corrected chi connectivity index (χ1v) is 7.64. The number of urea groups is 1. The van der Waals surface area contributed by atoms with Gasteiger partial charge in [-0.15, -0.1) is 0 Å². The van der Waals surface area contributed by atoms with Crippen LogP contribution in [0.4, 0.5) is 4.79 Å². The molecule has 2 aromatic rings. The summed E-state index contributed by atoms with van der Waals surface area (Å²) in [5.74, 6) is 0.579. The number of rotatable bonds is 4. The van der Waals surface area contributed by atoms with Crippen molar-refractivity contribution in [3.8, 4) is 0 Å². The molecule has 1 unspecified atom stereocenters. The van der Waals surface area contributed by atoms with Crippen LogP contribution in [-0.4, -0.2) is 34.5 Å². The third-order valence-electron chi connectivity index (χ3n) is 4.07. The van der Waals surface area contributed by atoms with Crippen molar-refractivity contribution in [1.82, 2.24) is 20.1 Å². The number of furan rings is 1. The highest BCUT2D eigenvalue weighted by Gasteiger charge is 2.27. The average molecular weight is 316 g/mol. The molecule has 0 saturated carbocycles. The normalized spacial score (nSPS) is 16.7. The van der Waals surface area contributed by atoms with E-state index in [0.29, 0.717) is 18.8 Å². The summed E-state index contributed by atoms with van der Waals surface area (Å²) >= 11 is 0. The van der Waals surface area contributed by atoms with E-state index in [1.165, 1.54) is 0 Å².